The van der Waals surface area contributed by atoms with E-state index in [1.54, 1.807) is 41.6 Å². The van der Waals surface area contributed by atoms with Crippen LogP contribution in [0.1, 0.15) is 56.1 Å². The normalized spacial score (nSPS) is 18.0. The summed E-state index contributed by atoms with van der Waals surface area (Å²) in [4.78, 5) is 41.4. The van der Waals surface area contributed by atoms with E-state index in [1.807, 2.05) is 19.9 Å². The van der Waals surface area contributed by atoms with Gasteiger partial charge in [0.15, 0.2) is 11.2 Å². The second kappa shape index (κ2) is 9.81. The first kappa shape index (κ1) is 24.1. The molecule has 8 nitrogen and oxygen atoms in total. The van der Waals surface area contributed by atoms with Crippen molar-refractivity contribution in [3.63, 3.8) is 0 Å². The van der Waals surface area contributed by atoms with Crippen molar-refractivity contribution in [2.75, 3.05) is 4.90 Å². The lowest BCUT2D eigenvalue weighted by Gasteiger charge is -2.33. The number of amides is 1. The summed E-state index contributed by atoms with van der Waals surface area (Å²) < 4.78 is 5.75. The summed E-state index contributed by atoms with van der Waals surface area (Å²) >= 11 is 1.15. The van der Waals surface area contributed by atoms with Gasteiger partial charge in [-0.3, -0.25) is 9.78 Å². The molecular formula is C27H28N4O4S. The summed E-state index contributed by atoms with van der Waals surface area (Å²) in [6.07, 6.45) is 7.07. The van der Waals surface area contributed by atoms with E-state index < -0.39 is 5.97 Å². The quantitative estimate of drug-likeness (QED) is 0.329. The van der Waals surface area contributed by atoms with Crippen LogP contribution in [-0.4, -0.2) is 38.0 Å². The highest BCUT2D eigenvalue weighted by Crippen LogP contribution is 2.40. The summed E-state index contributed by atoms with van der Waals surface area (Å²) in [6, 6.07) is 8.86. The fourth-order valence-corrected chi connectivity index (χ4v) is 5.73. The van der Waals surface area contributed by atoms with E-state index in [2.05, 4.69) is 21.9 Å². The molecule has 0 spiro atoms. The smallest absolute Gasteiger partial charge is 0.348 e. The Labute approximate surface area is 213 Å². The largest absolute Gasteiger partial charge is 0.477 e. The lowest BCUT2D eigenvalue weighted by molar-refractivity contribution is -0.123. The number of aromatic nitrogens is 3. The molecule has 0 unspecified atom stereocenters. The molecule has 4 aromatic heterocycles. The van der Waals surface area contributed by atoms with Gasteiger partial charge < -0.3 is 14.4 Å². The number of pyridine rings is 2. The molecule has 0 atom stereocenters. The third kappa shape index (κ3) is 4.63. The van der Waals surface area contributed by atoms with Crippen molar-refractivity contribution in [3.8, 4) is 22.0 Å². The van der Waals surface area contributed by atoms with Crippen LogP contribution in [0.15, 0.2) is 47.1 Å². The molecule has 1 aliphatic rings. The van der Waals surface area contributed by atoms with Gasteiger partial charge in [0.25, 0.3) is 0 Å². The Balaban J connectivity index is 1.46. The maximum Gasteiger partial charge on any atom is 0.348 e. The first-order chi connectivity index (χ1) is 17.3. The van der Waals surface area contributed by atoms with E-state index in [4.69, 9.17) is 4.42 Å². The van der Waals surface area contributed by atoms with Gasteiger partial charge >= 0.3 is 5.97 Å². The van der Waals surface area contributed by atoms with Crippen molar-refractivity contribution in [3.05, 3.63) is 47.6 Å². The van der Waals surface area contributed by atoms with E-state index >= 15 is 0 Å². The van der Waals surface area contributed by atoms with Crippen molar-refractivity contribution < 1.29 is 19.1 Å². The minimum Gasteiger partial charge on any atom is -0.477 e. The minimum absolute atomic E-state index is 0.0155. The van der Waals surface area contributed by atoms with Crippen molar-refractivity contribution in [1.82, 2.24) is 15.0 Å². The third-order valence-corrected chi connectivity index (χ3v) is 7.88. The summed E-state index contributed by atoms with van der Waals surface area (Å²) in [5, 5.41) is 9.98. The maximum atomic E-state index is 13.5. The zero-order valence-corrected chi connectivity index (χ0v) is 21.3. The molecule has 36 heavy (non-hydrogen) atoms. The zero-order chi connectivity index (χ0) is 25.4. The second-order valence-corrected chi connectivity index (χ2v) is 10.7. The van der Waals surface area contributed by atoms with Crippen LogP contribution in [0.5, 0.6) is 0 Å². The number of carbonyl (C=O) groups is 2. The highest BCUT2D eigenvalue weighted by atomic mass is 32.1. The number of hydrogen-bond acceptors (Lipinski definition) is 7. The summed E-state index contributed by atoms with van der Waals surface area (Å²) in [7, 11) is 0. The maximum absolute atomic E-state index is 13.5. The Morgan fingerprint density at radius 2 is 1.92 bits per heavy atom. The van der Waals surface area contributed by atoms with E-state index in [9.17, 15) is 14.7 Å². The molecule has 9 heteroatoms. The number of rotatable bonds is 6. The lowest BCUT2D eigenvalue weighted by Crippen LogP contribution is -2.42. The molecule has 1 aliphatic carbocycles. The molecule has 0 bridgehead atoms. The van der Waals surface area contributed by atoms with Gasteiger partial charge in [-0.2, -0.15) is 4.98 Å². The van der Waals surface area contributed by atoms with E-state index in [0.29, 0.717) is 34.4 Å². The van der Waals surface area contributed by atoms with E-state index in [0.717, 1.165) is 47.5 Å². The van der Waals surface area contributed by atoms with Gasteiger partial charge in [-0.05, 0) is 75.8 Å². The molecule has 1 amide bonds. The van der Waals surface area contributed by atoms with Crippen LogP contribution in [0.2, 0.25) is 0 Å². The standard InChI is InChI=1S/C27H28N4O4S/c1-15(2)31(26(32)17-8-6-16(3)7-9-17)20-13-22(36-23(20)27(33)34)18-10-11-19(29-14-18)25-30-24-21(35-25)5-4-12-28-24/h4-5,10-17H,6-9H2,1-3H3,(H,33,34). The van der Waals surface area contributed by atoms with Gasteiger partial charge in [0.1, 0.15) is 10.6 Å². The van der Waals surface area contributed by atoms with Crippen molar-refractivity contribution >= 4 is 40.1 Å². The fourth-order valence-electron chi connectivity index (χ4n) is 4.76. The molecule has 0 aromatic carbocycles. The first-order valence-electron chi connectivity index (χ1n) is 12.2. The van der Waals surface area contributed by atoms with Crippen LogP contribution in [0, 0.1) is 11.8 Å². The highest BCUT2D eigenvalue weighted by molar-refractivity contribution is 7.18. The number of carboxylic acid groups (broad SMARTS) is 1. The van der Waals surface area contributed by atoms with E-state index in [-0.39, 0.29) is 22.7 Å². The summed E-state index contributed by atoms with van der Waals surface area (Å²) in [6.45, 7) is 6.07. The summed E-state index contributed by atoms with van der Waals surface area (Å²) in [5.74, 6) is -0.0974. The van der Waals surface area contributed by atoms with Crippen LogP contribution < -0.4 is 4.90 Å². The average molecular weight is 505 g/mol. The molecule has 5 rings (SSSR count). The SMILES string of the molecule is CC1CCC(C(=O)N(c2cc(-c3ccc(-c4nc5ncccc5o4)nc3)sc2C(=O)O)C(C)C)CC1. The van der Waals surface area contributed by atoms with Gasteiger partial charge in [0.05, 0.1) is 5.69 Å². The lowest BCUT2D eigenvalue weighted by atomic mass is 9.82. The third-order valence-electron chi connectivity index (χ3n) is 6.72. The molecule has 1 N–H and O–H groups in total. The van der Waals surface area contributed by atoms with Crippen LogP contribution in [0.3, 0.4) is 0 Å². The number of aromatic carboxylic acids is 1. The molecule has 0 saturated heterocycles. The summed E-state index contributed by atoms with van der Waals surface area (Å²) in [5.41, 5.74) is 2.86. The number of carbonyl (C=O) groups excluding carboxylic acids is 1. The van der Waals surface area contributed by atoms with Crippen molar-refractivity contribution in [2.45, 2.75) is 52.5 Å². The molecule has 1 saturated carbocycles. The Morgan fingerprint density at radius 3 is 2.56 bits per heavy atom. The van der Waals surface area contributed by atoms with Gasteiger partial charge in [0, 0.05) is 34.8 Å². The van der Waals surface area contributed by atoms with Crippen molar-refractivity contribution in [1.29, 1.82) is 0 Å². The Morgan fingerprint density at radius 1 is 1.14 bits per heavy atom. The topological polar surface area (TPSA) is 109 Å². The number of anilines is 1. The van der Waals surface area contributed by atoms with Crippen molar-refractivity contribution in [2.24, 2.45) is 11.8 Å². The fraction of sp³-hybridized carbons (Fsp3) is 0.370. The molecule has 186 valence electrons. The molecular weight excluding hydrogens is 476 g/mol. The van der Waals surface area contributed by atoms with Crippen LogP contribution >= 0.6 is 11.3 Å². The minimum atomic E-state index is -1.04. The first-order valence-corrected chi connectivity index (χ1v) is 13.0. The predicted octanol–water partition coefficient (Wildman–Crippen LogP) is 6.28. The number of carboxylic acids is 1. The average Bonchev–Trinajstić information content (AvgIpc) is 3.49. The Kier molecular flexibility index (Phi) is 6.57. The zero-order valence-electron chi connectivity index (χ0n) is 20.5. The van der Waals surface area contributed by atoms with E-state index in [1.165, 1.54) is 0 Å². The number of hydrogen-bond donors (Lipinski definition) is 1. The van der Waals surface area contributed by atoms with Gasteiger partial charge in [-0.1, -0.05) is 6.92 Å². The van der Waals surface area contributed by atoms with Crippen LogP contribution in [0.25, 0.3) is 33.3 Å². The Hall–Kier alpha value is -3.59. The second-order valence-electron chi connectivity index (χ2n) is 9.67. The Bertz CT molecular complexity index is 1370. The van der Waals surface area contributed by atoms with Gasteiger partial charge in [-0.15, -0.1) is 11.3 Å². The van der Waals surface area contributed by atoms with Crippen LogP contribution in [0.4, 0.5) is 5.69 Å². The number of oxazole rings is 1. The van der Waals surface area contributed by atoms with Crippen LogP contribution in [-0.2, 0) is 4.79 Å². The van der Waals surface area contributed by atoms with Gasteiger partial charge in [-0.25, -0.2) is 9.78 Å². The number of nitrogens with zero attached hydrogens (tertiary/aromatic N) is 4. The number of thiophene rings is 1. The molecule has 0 radical (unpaired) electrons. The monoisotopic (exact) mass is 504 g/mol. The van der Waals surface area contributed by atoms with Gasteiger partial charge in [0.2, 0.25) is 11.8 Å². The number of fused-ring (bicyclic) bond motifs is 1. The predicted molar refractivity (Wildman–Crippen MR) is 139 cm³/mol. The molecule has 4 aromatic rings. The molecule has 4 heterocycles. The highest BCUT2D eigenvalue weighted by Gasteiger charge is 2.33. The molecule has 0 aliphatic heterocycles. The molecule has 1 fully saturated rings.